The van der Waals surface area contributed by atoms with E-state index >= 15 is 0 Å². The highest BCUT2D eigenvalue weighted by Gasteiger charge is 2.33. The van der Waals surface area contributed by atoms with Crippen molar-refractivity contribution < 1.29 is 19.0 Å². The number of nitrogens with one attached hydrogen (secondary N) is 1. The number of aromatic nitrogens is 2. The molecular weight excluding hydrogens is 324 g/mol. The molecule has 1 aliphatic rings. The van der Waals surface area contributed by atoms with Crippen LogP contribution in [0.2, 0.25) is 0 Å². The normalized spacial score (nSPS) is 18.9. The Kier molecular flexibility index (Phi) is 4.65. The first kappa shape index (κ1) is 17.2. The Hall–Kier alpha value is -2.58. The van der Waals surface area contributed by atoms with Gasteiger partial charge in [-0.25, -0.2) is 9.48 Å². The van der Waals surface area contributed by atoms with Crippen LogP contribution in [-0.2, 0) is 9.47 Å². The summed E-state index contributed by atoms with van der Waals surface area (Å²) in [4.78, 5) is 11.3. The number of amides is 2. The average molecular weight is 346 g/mol. The molecule has 1 aromatic heterocycles. The van der Waals surface area contributed by atoms with Gasteiger partial charge in [-0.15, -0.1) is 5.10 Å². The van der Waals surface area contributed by atoms with Gasteiger partial charge in [0.25, 0.3) is 0 Å². The number of carbonyl (C=O) groups excluding carboxylic acids is 1. The zero-order valence-electron chi connectivity index (χ0n) is 14.5. The van der Waals surface area contributed by atoms with Crippen molar-refractivity contribution in [1.82, 2.24) is 9.78 Å². The molecule has 0 radical (unpaired) electrons. The van der Waals surface area contributed by atoms with Gasteiger partial charge in [0.1, 0.15) is 18.5 Å². The van der Waals surface area contributed by atoms with Crippen LogP contribution in [0.5, 0.6) is 5.88 Å². The summed E-state index contributed by atoms with van der Waals surface area (Å²) in [7, 11) is 0. The number of para-hydroxylation sites is 1. The summed E-state index contributed by atoms with van der Waals surface area (Å²) in [6, 6.07) is 8.75. The lowest BCUT2D eigenvalue weighted by Gasteiger charge is -2.17. The number of hydrogen-bond donors (Lipinski definition) is 2. The number of primary amides is 1. The van der Waals surface area contributed by atoms with Crippen LogP contribution in [0.15, 0.2) is 30.3 Å². The Morgan fingerprint density at radius 1 is 1.44 bits per heavy atom. The van der Waals surface area contributed by atoms with Gasteiger partial charge in [-0.1, -0.05) is 18.2 Å². The third kappa shape index (κ3) is 3.92. The van der Waals surface area contributed by atoms with E-state index in [1.165, 1.54) is 0 Å². The number of nitrogens with two attached hydrogens (primary N) is 1. The second-order valence-electron chi connectivity index (χ2n) is 6.28. The molecule has 0 spiro atoms. The molecule has 3 rings (SSSR count). The minimum atomic E-state index is -0.666. The third-order valence-corrected chi connectivity index (χ3v) is 3.79. The summed E-state index contributed by atoms with van der Waals surface area (Å²) < 4.78 is 18.6. The molecule has 1 aliphatic heterocycles. The molecule has 0 aliphatic carbocycles. The number of benzene rings is 1. The molecule has 0 bridgehead atoms. The molecule has 8 heteroatoms. The van der Waals surface area contributed by atoms with E-state index < -0.39 is 11.8 Å². The molecule has 1 fully saturated rings. The van der Waals surface area contributed by atoms with Crippen LogP contribution in [0.4, 0.5) is 10.6 Å². The van der Waals surface area contributed by atoms with Gasteiger partial charge >= 0.3 is 6.03 Å². The maximum atomic E-state index is 11.3. The minimum Gasteiger partial charge on any atom is -0.473 e. The quantitative estimate of drug-likeness (QED) is 0.864. The van der Waals surface area contributed by atoms with Crippen LogP contribution in [0.25, 0.3) is 5.69 Å². The molecule has 8 nitrogen and oxygen atoms in total. The van der Waals surface area contributed by atoms with Gasteiger partial charge in [0.2, 0.25) is 5.88 Å². The van der Waals surface area contributed by atoms with Gasteiger partial charge in [0, 0.05) is 0 Å². The van der Waals surface area contributed by atoms with Gasteiger partial charge in [0.05, 0.1) is 17.9 Å². The Labute approximate surface area is 145 Å². The van der Waals surface area contributed by atoms with Crippen molar-refractivity contribution in [3.8, 4) is 11.6 Å². The Balaban J connectivity index is 1.82. The molecule has 2 aromatic rings. The number of ether oxygens (including phenoxy) is 3. The summed E-state index contributed by atoms with van der Waals surface area (Å²) >= 11 is 0. The summed E-state index contributed by atoms with van der Waals surface area (Å²) in [5, 5.41) is 7.06. The van der Waals surface area contributed by atoms with Crippen LogP contribution in [-0.4, -0.2) is 40.9 Å². The first-order chi connectivity index (χ1) is 11.9. The van der Waals surface area contributed by atoms with Crippen LogP contribution in [0, 0.1) is 6.92 Å². The van der Waals surface area contributed by atoms with Gasteiger partial charge in [-0.3, -0.25) is 5.32 Å². The molecule has 3 N–H and O–H groups in total. The zero-order chi connectivity index (χ0) is 18.0. The van der Waals surface area contributed by atoms with Gasteiger partial charge < -0.3 is 19.9 Å². The van der Waals surface area contributed by atoms with E-state index in [4.69, 9.17) is 19.9 Å². The number of anilines is 1. The molecule has 1 aromatic carbocycles. The number of rotatable bonds is 5. The van der Waals surface area contributed by atoms with Crippen molar-refractivity contribution >= 4 is 11.8 Å². The molecule has 1 saturated heterocycles. The minimum absolute atomic E-state index is 0.177. The topological polar surface area (TPSA) is 101 Å². The number of urea groups is 1. The summed E-state index contributed by atoms with van der Waals surface area (Å²) in [5.41, 5.74) is 6.75. The van der Waals surface area contributed by atoms with Crippen LogP contribution in [0.1, 0.15) is 19.4 Å². The second-order valence-corrected chi connectivity index (χ2v) is 6.28. The van der Waals surface area contributed by atoms with E-state index in [1.807, 2.05) is 51.1 Å². The summed E-state index contributed by atoms with van der Waals surface area (Å²) in [6.45, 7) is 6.28. The highest BCUT2D eigenvalue weighted by molar-refractivity contribution is 5.88. The van der Waals surface area contributed by atoms with Crippen molar-refractivity contribution in [3.63, 3.8) is 0 Å². The SMILES string of the molecule is Cc1c(OC[C@H]2COC(C)(C)O2)nn(-c2ccccc2)c1NC(N)=O. The maximum Gasteiger partial charge on any atom is 0.317 e. The van der Waals surface area contributed by atoms with Crippen LogP contribution >= 0.6 is 0 Å². The van der Waals surface area contributed by atoms with Crippen LogP contribution < -0.4 is 15.8 Å². The fourth-order valence-electron chi connectivity index (χ4n) is 2.65. The van der Waals surface area contributed by atoms with Crippen molar-refractivity contribution in [2.75, 3.05) is 18.5 Å². The van der Waals surface area contributed by atoms with Crippen LogP contribution in [0.3, 0.4) is 0 Å². The summed E-state index contributed by atoms with van der Waals surface area (Å²) in [6.07, 6.45) is -0.177. The average Bonchev–Trinajstić information content (AvgIpc) is 3.06. The fraction of sp³-hybridized carbons (Fsp3) is 0.412. The molecule has 25 heavy (non-hydrogen) atoms. The predicted molar refractivity (Wildman–Crippen MR) is 91.9 cm³/mol. The molecule has 2 amide bonds. The van der Waals surface area contributed by atoms with Gasteiger partial charge in [-0.2, -0.15) is 0 Å². The van der Waals surface area contributed by atoms with E-state index in [2.05, 4.69) is 10.4 Å². The Morgan fingerprint density at radius 3 is 2.76 bits per heavy atom. The van der Waals surface area contributed by atoms with Crippen molar-refractivity contribution in [2.45, 2.75) is 32.7 Å². The highest BCUT2D eigenvalue weighted by Crippen LogP contribution is 2.29. The zero-order valence-corrected chi connectivity index (χ0v) is 14.5. The van der Waals surface area contributed by atoms with E-state index in [0.29, 0.717) is 30.5 Å². The van der Waals surface area contributed by atoms with Gasteiger partial charge in [-0.05, 0) is 32.9 Å². The van der Waals surface area contributed by atoms with E-state index in [-0.39, 0.29) is 6.10 Å². The van der Waals surface area contributed by atoms with Crippen molar-refractivity contribution in [2.24, 2.45) is 5.73 Å². The number of nitrogens with zero attached hydrogens (tertiary/aromatic N) is 2. The van der Waals surface area contributed by atoms with Gasteiger partial charge in [0.15, 0.2) is 5.79 Å². The lowest BCUT2D eigenvalue weighted by molar-refractivity contribution is -0.141. The number of hydrogen-bond acceptors (Lipinski definition) is 5. The van der Waals surface area contributed by atoms with E-state index in [1.54, 1.807) is 4.68 Å². The molecule has 0 unspecified atom stereocenters. The second kappa shape index (κ2) is 6.73. The lowest BCUT2D eigenvalue weighted by atomic mass is 10.3. The molecule has 2 heterocycles. The predicted octanol–water partition coefficient (Wildman–Crippen LogP) is 2.20. The Morgan fingerprint density at radius 2 is 2.16 bits per heavy atom. The van der Waals surface area contributed by atoms with Crippen molar-refractivity contribution in [3.05, 3.63) is 35.9 Å². The third-order valence-electron chi connectivity index (χ3n) is 3.79. The largest absolute Gasteiger partial charge is 0.473 e. The lowest BCUT2D eigenvalue weighted by Crippen LogP contribution is -2.25. The smallest absolute Gasteiger partial charge is 0.317 e. The molecular formula is C17H22N4O4. The molecule has 1 atom stereocenters. The monoisotopic (exact) mass is 346 g/mol. The van der Waals surface area contributed by atoms with Crippen molar-refractivity contribution in [1.29, 1.82) is 0 Å². The standard InChI is InChI=1S/C17H22N4O4/c1-11-14(19-16(18)22)21(12-7-5-4-6-8-12)20-15(11)23-9-13-10-24-17(2,3)25-13/h4-8,13H,9-10H2,1-3H3,(H3,18,19,22)/t13-/m0/s1. The Bertz CT molecular complexity index is 758. The molecule has 0 saturated carbocycles. The van der Waals surface area contributed by atoms with E-state index in [0.717, 1.165) is 5.69 Å². The fourth-order valence-corrected chi connectivity index (χ4v) is 2.65. The van der Waals surface area contributed by atoms with E-state index in [9.17, 15) is 4.79 Å². The maximum absolute atomic E-state index is 11.3. The highest BCUT2D eigenvalue weighted by atomic mass is 16.7. The molecule has 134 valence electrons. The number of carbonyl (C=O) groups is 1. The first-order valence-corrected chi connectivity index (χ1v) is 8.02. The first-order valence-electron chi connectivity index (χ1n) is 8.02. The summed E-state index contributed by atoms with van der Waals surface area (Å²) in [5.74, 6) is 0.268.